The monoisotopic (exact) mass is 473 g/mol. The van der Waals surface area contributed by atoms with Crippen molar-refractivity contribution < 1.29 is 34.2 Å². The summed E-state index contributed by atoms with van der Waals surface area (Å²) in [5.41, 5.74) is 10.8. The van der Waals surface area contributed by atoms with E-state index in [4.69, 9.17) is 11.5 Å². The van der Waals surface area contributed by atoms with E-state index < -0.39 is 59.9 Å². The van der Waals surface area contributed by atoms with E-state index in [-0.39, 0.29) is 24.7 Å². The van der Waals surface area contributed by atoms with Crippen LogP contribution in [0.3, 0.4) is 0 Å². The highest BCUT2D eigenvalue weighted by molar-refractivity contribution is 5.94. The molecule has 0 aromatic rings. The first-order valence-corrected chi connectivity index (χ1v) is 11.1. The molecule has 7 unspecified atom stereocenters. The summed E-state index contributed by atoms with van der Waals surface area (Å²) in [6.45, 7) is 8.21. The lowest BCUT2D eigenvalue weighted by Crippen LogP contribution is -2.61. The zero-order valence-corrected chi connectivity index (χ0v) is 20.0. The topological polar surface area (TPSA) is 214 Å². The quantitative estimate of drug-likeness (QED) is 0.150. The van der Waals surface area contributed by atoms with Gasteiger partial charge >= 0.3 is 5.97 Å². The van der Waals surface area contributed by atoms with Crippen LogP contribution in [0, 0.1) is 11.8 Å². The third kappa shape index (κ3) is 10.2. The summed E-state index contributed by atoms with van der Waals surface area (Å²) < 4.78 is 0. The number of aliphatic hydroxyl groups excluding tert-OH is 1. The first-order valence-electron chi connectivity index (χ1n) is 11.1. The number of aliphatic carboxylic acids is 1. The third-order valence-electron chi connectivity index (χ3n) is 5.67. The van der Waals surface area contributed by atoms with Gasteiger partial charge in [0.2, 0.25) is 23.6 Å². The number of carbonyl (C=O) groups is 5. The Hall–Kier alpha value is -2.73. The van der Waals surface area contributed by atoms with E-state index in [0.717, 1.165) is 0 Å². The highest BCUT2D eigenvalue weighted by atomic mass is 16.4. The molecule has 0 radical (unpaired) electrons. The zero-order chi connectivity index (χ0) is 25.9. The molecule has 0 aromatic heterocycles. The maximum Gasteiger partial charge on any atom is 0.326 e. The Kier molecular flexibility index (Phi) is 13.2. The highest BCUT2D eigenvalue weighted by Crippen LogP contribution is 2.11. The van der Waals surface area contributed by atoms with E-state index in [0.29, 0.717) is 12.8 Å². The van der Waals surface area contributed by atoms with Crippen LogP contribution in [0.5, 0.6) is 0 Å². The number of aliphatic hydroxyl groups is 1. The molecule has 0 bridgehead atoms. The van der Waals surface area contributed by atoms with Crippen LogP contribution in [0.4, 0.5) is 0 Å². The molecule has 0 aromatic carbocycles. The van der Waals surface area contributed by atoms with Gasteiger partial charge in [-0.05, 0) is 25.2 Å². The average Bonchev–Trinajstić information content (AvgIpc) is 2.75. The molecule has 12 heteroatoms. The molecule has 9 N–H and O–H groups in total. The highest BCUT2D eigenvalue weighted by Gasteiger charge is 2.35. The second-order valence-electron chi connectivity index (χ2n) is 8.42. The Bertz CT molecular complexity index is 700. The maximum atomic E-state index is 12.9. The maximum absolute atomic E-state index is 12.9. The minimum Gasteiger partial charge on any atom is -0.480 e. The Morgan fingerprint density at radius 3 is 1.64 bits per heavy atom. The van der Waals surface area contributed by atoms with Crippen molar-refractivity contribution in [3.05, 3.63) is 0 Å². The normalized spacial score (nSPS) is 17.4. The average molecular weight is 474 g/mol. The Labute approximate surface area is 194 Å². The molecule has 0 saturated heterocycles. The molecule has 0 heterocycles. The van der Waals surface area contributed by atoms with Gasteiger partial charge in [0.05, 0.1) is 12.1 Å². The first kappa shape index (κ1) is 30.3. The Balaban J connectivity index is 5.49. The van der Waals surface area contributed by atoms with Gasteiger partial charge in [-0.25, -0.2) is 4.79 Å². The molecule has 0 aliphatic heterocycles. The summed E-state index contributed by atoms with van der Waals surface area (Å²) >= 11 is 0. The molecular formula is C21H39N5O7. The van der Waals surface area contributed by atoms with E-state index >= 15 is 0 Å². The fourth-order valence-corrected chi connectivity index (χ4v) is 2.97. The fourth-order valence-electron chi connectivity index (χ4n) is 2.97. The summed E-state index contributed by atoms with van der Waals surface area (Å²) in [6, 6.07) is -4.80. The Morgan fingerprint density at radius 1 is 0.788 bits per heavy atom. The van der Waals surface area contributed by atoms with Gasteiger partial charge in [0.25, 0.3) is 0 Å². The lowest BCUT2D eigenvalue weighted by molar-refractivity contribution is -0.144. The summed E-state index contributed by atoms with van der Waals surface area (Å²) in [6.07, 6.45) is -0.455. The smallest absolute Gasteiger partial charge is 0.326 e. The van der Waals surface area contributed by atoms with Crippen LogP contribution < -0.4 is 27.4 Å². The summed E-state index contributed by atoms with van der Waals surface area (Å²) in [4.78, 5) is 60.5. The van der Waals surface area contributed by atoms with E-state index in [1.807, 2.05) is 0 Å². The van der Waals surface area contributed by atoms with Crippen LogP contribution >= 0.6 is 0 Å². The lowest BCUT2D eigenvalue weighted by atomic mass is 9.96. The summed E-state index contributed by atoms with van der Waals surface area (Å²) in [5.74, 6) is -4.86. The minimum absolute atomic E-state index is 0.000899. The van der Waals surface area contributed by atoms with Crippen molar-refractivity contribution in [2.45, 2.75) is 90.6 Å². The van der Waals surface area contributed by atoms with Crippen LogP contribution in [-0.4, -0.2) is 70.1 Å². The molecule has 0 aliphatic rings. The van der Waals surface area contributed by atoms with E-state index in [2.05, 4.69) is 16.0 Å². The number of carboxylic acid groups (broad SMARTS) is 1. The van der Waals surface area contributed by atoms with Gasteiger partial charge in [-0.1, -0.05) is 40.5 Å². The Morgan fingerprint density at radius 2 is 1.21 bits per heavy atom. The van der Waals surface area contributed by atoms with Crippen molar-refractivity contribution in [3.8, 4) is 0 Å². The van der Waals surface area contributed by atoms with Gasteiger partial charge in [-0.3, -0.25) is 19.2 Å². The molecule has 0 fully saturated rings. The number of carboxylic acids is 1. The SMILES string of the molecule is CCC(C)C(NC(=O)C(NC(=O)C(NC(=O)C(N)CCC(N)=O)C(C)CC)C(C)O)C(=O)O. The van der Waals surface area contributed by atoms with Gasteiger partial charge in [-0.15, -0.1) is 0 Å². The number of nitrogens with one attached hydrogen (secondary N) is 3. The molecule has 7 atom stereocenters. The number of nitrogens with two attached hydrogens (primary N) is 2. The third-order valence-corrected chi connectivity index (χ3v) is 5.67. The van der Waals surface area contributed by atoms with Gasteiger partial charge in [0.1, 0.15) is 18.1 Å². The second-order valence-corrected chi connectivity index (χ2v) is 8.42. The van der Waals surface area contributed by atoms with Crippen LogP contribution in [0.1, 0.15) is 60.3 Å². The first-order chi connectivity index (χ1) is 15.3. The largest absolute Gasteiger partial charge is 0.480 e. The number of amides is 4. The molecule has 0 saturated carbocycles. The van der Waals surface area contributed by atoms with Crippen molar-refractivity contribution in [1.29, 1.82) is 0 Å². The lowest BCUT2D eigenvalue weighted by Gasteiger charge is -2.29. The van der Waals surface area contributed by atoms with E-state index in [9.17, 15) is 34.2 Å². The van der Waals surface area contributed by atoms with E-state index in [1.54, 1.807) is 27.7 Å². The number of hydrogen-bond donors (Lipinski definition) is 7. The molecule has 12 nitrogen and oxygen atoms in total. The van der Waals surface area contributed by atoms with Crippen LogP contribution in [0.15, 0.2) is 0 Å². The minimum atomic E-state index is -1.45. The molecule has 4 amide bonds. The van der Waals surface area contributed by atoms with Gasteiger partial charge in [0, 0.05) is 6.42 Å². The van der Waals surface area contributed by atoms with Crippen LogP contribution in [0.25, 0.3) is 0 Å². The molecule has 0 spiro atoms. The van der Waals surface area contributed by atoms with Gasteiger partial charge < -0.3 is 37.6 Å². The zero-order valence-electron chi connectivity index (χ0n) is 20.0. The number of hydrogen-bond acceptors (Lipinski definition) is 7. The summed E-state index contributed by atoms with van der Waals surface area (Å²) in [5, 5.41) is 26.8. The van der Waals surface area contributed by atoms with Crippen molar-refractivity contribution >= 4 is 29.6 Å². The molecule has 190 valence electrons. The summed E-state index contributed by atoms with van der Waals surface area (Å²) in [7, 11) is 0. The van der Waals surface area contributed by atoms with Crippen LogP contribution in [0.2, 0.25) is 0 Å². The van der Waals surface area contributed by atoms with Crippen molar-refractivity contribution in [1.82, 2.24) is 16.0 Å². The van der Waals surface area contributed by atoms with Crippen molar-refractivity contribution in [3.63, 3.8) is 0 Å². The number of carbonyl (C=O) groups excluding carboxylic acids is 4. The van der Waals surface area contributed by atoms with Crippen molar-refractivity contribution in [2.24, 2.45) is 23.3 Å². The van der Waals surface area contributed by atoms with Gasteiger partial charge in [0.15, 0.2) is 0 Å². The van der Waals surface area contributed by atoms with Crippen LogP contribution in [-0.2, 0) is 24.0 Å². The number of primary amides is 1. The predicted octanol–water partition coefficient (Wildman–Crippen LogP) is -1.41. The van der Waals surface area contributed by atoms with Gasteiger partial charge in [-0.2, -0.15) is 0 Å². The van der Waals surface area contributed by atoms with Crippen molar-refractivity contribution in [2.75, 3.05) is 0 Å². The second kappa shape index (κ2) is 14.4. The predicted molar refractivity (Wildman–Crippen MR) is 120 cm³/mol. The molecule has 0 aliphatic carbocycles. The number of rotatable bonds is 15. The standard InChI is InChI=1S/C21H39N5O7/c1-6-10(3)15(24-18(29)13(22)8-9-14(23)28)19(30)26-17(12(5)27)20(31)25-16(21(32)33)11(4)7-2/h10-13,15-17,27H,6-9,22H2,1-5H3,(H2,23,28)(H,24,29)(H,25,31)(H,26,30)(H,32,33). The molecule has 0 rings (SSSR count). The molecular weight excluding hydrogens is 434 g/mol. The molecule has 33 heavy (non-hydrogen) atoms. The fraction of sp³-hybridized carbons (Fsp3) is 0.762. The van der Waals surface area contributed by atoms with E-state index in [1.165, 1.54) is 6.92 Å².